The van der Waals surface area contributed by atoms with Crippen molar-refractivity contribution >= 4 is 23.0 Å². The highest BCUT2D eigenvalue weighted by molar-refractivity contribution is 7.80. The van der Waals surface area contributed by atoms with Gasteiger partial charge in [-0.15, -0.1) is 0 Å². The van der Waals surface area contributed by atoms with Gasteiger partial charge in [0.2, 0.25) is 0 Å². The summed E-state index contributed by atoms with van der Waals surface area (Å²) in [7, 11) is 1.63. The highest BCUT2D eigenvalue weighted by atomic mass is 32.1. The van der Waals surface area contributed by atoms with Gasteiger partial charge in [0.05, 0.1) is 26.4 Å². The van der Waals surface area contributed by atoms with Gasteiger partial charge in [0.1, 0.15) is 11.6 Å². The smallest absolute Gasteiger partial charge is 0.170 e. The van der Waals surface area contributed by atoms with E-state index in [1.165, 1.54) is 12.1 Å². The zero-order chi connectivity index (χ0) is 19.1. The van der Waals surface area contributed by atoms with Crippen LogP contribution in [0.1, 0.15) is 11.6 Å². The maximum atomic E-state index is 13.3. The average molecular weight is 389 g/mol. The molecule has 0 saturated carbocycles. The number of thiocarbonyl (C=S) groups is 1. The highest BCUT2D eigenvalue weighted by Crippen LogP contribution is 2.22. The normalized spacial score (nSPS) is 15.8. The van der Waals surface area contributed by atoms with E-state index in [1.54, 1.807) is 7.11 Å². The number of methoxy groups -OCH3 is 1. The van der Waals surface area contributed by atoms with Crippen molar-refractivity contribution < 1.29 is 13.9 Å². The van der Waals surface area contributed by atoms with Crippen molar-refractivity contribution in [3.8, 4) is 5.75 Å². The molecule has 7 heteroatoms. The van der Waals surface area contributed by atoms with Crippen molar-refractivity contribution in [3.63, 3.8) is 0 Å². The number of hydrogen-bond donors (Lipinski definition) is 2. The Bertz CT molecular complexity index is 751. The fraction of sp³-hybridized carbons (Fsp3) is 0.350. The van der Waals surface area contributed by atoms with E-state index in [0.717, 1.165) is 30.1 Å². The van der Waals surface area contributed by atoms with Gasteiger partial charge in [-0.1, -0.05) is 18.2 Å². The van der Waals surface area contributed by atoms with Crippen LogP contribution >= 0.6 is 12.2 Å². The van der Waals surface area contributed by atoms with Crippen molar-refractivity contribution in [3.05, 3.63) is 59.9 Å². The molecule has 0 unspecified atom stereocenters. The van der Waals surface area contributed by atoms with Crippen molar-refractivity contribution in [2.45, 2.75) is 6.04 Å². The second-order valence-corrected chi connectivity index (χ2v) is 6.69. The fourth-order valence-electron chi connectivity index (χ4n) is 3.10. The average Bonchev–Trinajstić information content (AvgIpc) is 2.70. The summed E-state index contributed by atoms with van der Waals surface area (Å²) in [4.78, 5) is 2.33. The summed E-state index contributed by atoms with van der Waals surface area (Å²) in [5.41, 5.74) is 1.91. The SMILES string of the molecule is COc1cccc(NC(=S)NC[C@H](c2ccc(F)cc2)N2CCOCC2)c1. The molecule has 2 N–H and O–H groups in total. The Morgan fingerprint density at radius 1 is 1.22 bits per heavy atom. The van der Waals surface area contributed by atoms with Crippen LogP contribution in [0, 0.1) is 5.82 Å². The molecule has 5 nitrogen and oxygen atoms in total. The molecule has 2 aromatic carbocycles. The number of morpholine rings is 1. The van der Waals surface area contributed by atoms with Crippen molar-refractivity contribution in [1.29, 1.82) is 0 Å². The topological polar surface area (TPSA) is 45.8 Å². The molecular weight excluding hydrogens is 365 g/mol. The van der Waals surface area contributed by atoms with Gasteiger partial charge in [0.15, 0.2) is 5.11 Å². The van der Waals surface area contributed by atoms with E-state index in [0.29, 0.717) is 24.9 Å². The number of halogens is 1. The largest absolute Gasteiger partial charge is 0.497 e. The van der Waals surface area contributed by atoms with Gasteiger partial charge in [-0.3, -0.25) is 4.90 Å². The van der Waals surface area contributed by atoms with Crippen LogP contribution in [0.2, 0.25) is 0 Å². The monoisotopic (exact) mass is 389 g/mol. The molecule has 0 aliphatic carbocycles. The molecule has 0 amide bonds. The Morgan fingerprint density at radius 2 is 1.96 bits per heavy atom. The molecule has 0 bridgehead atoms. The van der Waals surface area contributed by atoms with Gasteiger partial charge in [-0.2, -0.15) is 0 Å². The molecule has 0 spiro atoms. The van der Waals surface area contributed by atoms with Crippen LogP contribution < -0.4 is 15.4 Å². The third kappa shape index (κ3) is 5.63. The first kappa shape index (κ1) is 19.5. The molecule has 1 aliphatic rings. The Kier molecular flexibility index (Phi) is 6.98. The van der Waals surface area contributed by atoms with Gasteiger partial charge in [-0.25, -0.2) is 4.39 Å². The first-order valence-corrected chi connectivity index (χ1v) is 9.32. The van der Waals surface area contributed by atoms with Gasteiger partial charge >= 0.3 is 0 Å². The number of rotatable bonds is 6. The van der Waals surface area contributed by atoms with Gasteiger partial charge in [0, 0.05) is 31.4 Å². The van der Waals surface area contributed by atoms with E-state index in [9.17, 15) is 4.39 Å². The lowest BCUT2D eigenvalue weighted by molar-refractivity contribution is 0.0170. The molecule has 1 atom stereocenters. The third-order valence-corrected chi connectivity index (χ3v) is 4.77. The molecule has 144 valence electrons. The van der Waals surface area contributed by atoms with Crippen LogP contribution in [-0.4, -0.2) is 50.0 Å². The first-order chi connectivity index (χ1) is 13.2. The minimum atomic E-state index is -0.234. The Balaban J connectivity index is 1.64. The predicted molar refractivity (Wildman–Crippen MR) is 109 cm³/mol. The summed E-state index contributed by atoms with van der Waals surface area (Å²) < 4.78 is 24.0. The minimum Gasteiger partial charge on any atom is -0.497 e. The lowest BCUT2D eigenvalue weighted by Crippen LogP contribution is -2.44. The lowest BCUT2D eigenvalue weighted by Gasteiger charge is -2.35. The van der Waals surface area contributed by atoms with Crippen molar-refractivity contribution in [2.24, 2.45) is 0 Å². The van der Waals surface area contributed by atoms with E-state index >= 15 is 0 Å². The van der Waals surface area contributed by atoms with Crippen LogP contribution in [0.3, 0.4) is 0 Å². The van der Waals surface area contributed by atoms with Crippen LogP contribution in [0.4, 0.5) is 10.1 Å². The molecule has 2 aromatic rings. The molecule has 3 rings (SSSR count). The van der Waals surface area contributed by atoms with Gasteiger partial charge in [-0.05, 0) is 42.0 Å². The number of anilines is 1. The molecule has 27 heavy (non-hydrogen) atoms. The first-order valence-electron chi connectivity index (χ1n) is 8.92. The summed E-state index contributed by atoms with van der Waals surface area (Å²) in [5.74, 6) is 0.531. The van der Waals surface area contributed by atoms with Crippen molar-refractivity contribution in [1.82, 2.24) is 10.2 Å². The molecular formula is C20H24FN3O2S. The van der Waals surface area contributed by atoms with E-state index in [-0.39, 0.29) is 11.9 Å². The van der Waals surface area contributed by atoms with Crippen LogP contribution in [0.25, 0.3) is 0 Å². The second kappa shape index (κ2) is 9.64. The van der Waals surface area contributed by atoms with Crippen LogP contribution in [0.5, 0.6) is 5.75 Å². The zero-order valence-corrected chi connectivity index (χ0v) is 16.1. The van der Waals surface area contributed by atoms with Crippen LogP contribution in [0.15, 0.2) is 48.5 Å². The van der Waals surface area contributed by atoms with E-state index in [1.807, 2.05) is 36.4 Å². The summed E-state index contributed by atoms with van der Waals surface area (Å²) in [6.45, 7) is 3.68. The molecule has 1 aliphatic heterocycles. The van der Waals surface area contributed by atoms with Crippen LogP contribution in [-0.2, 0) is 4.74 Å². The van der Waals surface area contributed by atoms with Gasteiger partial charge < -0.3 is 20.1 Å². The summed E-state index contributed by atoms with van der Waals surface area (Å²) in [5, 5.41) is 6.99. The fourth-order valence-corrected chi connectivity index (χ4v) is 3.30. The zero-order valence-electron chi connectivity index (χ0n) is 15.3. The van der Waals surface area contributed by atoms with Crippen molar-refractivity contribution in [2.75, 3.05) is 45.3 Å². The third-order valence-electron chi connectivity index (χ3n) is 4.52. The summed E-state index contributed by atoms with van der Waals surface area (Å²) in [6.07, 6.45) is 0. The number of ether oxygens (including phenoxy) is 2. The Hall–Kier alpha value is -2.22. The summed E-state index contributed by atoms with van der Waals surface area (Å²) in [6, 6.07) is 14.3. The predicted octanol–water partition coefficient (Wildman–Crippen LogP) is 3.19. The van der Waals surface area contributed by atoms with E-state index in [2.05, 4.69) is 15.5 Å². The quantitative estimate of drug-likeness (QED) is 0.740. The number of nitrogens with zero attached hydrogens (tertiary/aromatic N) is 1. The second-order valence-electron chi connectivity index (χ2n) is 6.28. The van der Waals surface area contributed by atoms with E-state index in [4.69, 9.17) is 21.7 Å². The standard InChI is InChI=1S/C20H24FN3O2S/c1-25-18-4-2-3-17(13-18)23-20(27)22-14-19(24-9-11-26-12-10-24)15-5-7-16(21)8-6-15/h2-8,13,19H,9-12,14H2,1H3,(H2,22,23,27)/t19-/m1/s1. The number of nitrogens with one attached hydrogen (secondary N) is 2. The molecule has 0 radical (unpaired) electrons. The molecule has 1 fully saturated rings. The molecule has 0 aromatic heterocycles. The maximum absolute atomic E-state index is 13.3. The lowest BCUT2D eigenvalue weighted by atomic mass is 10.0. The maximum Gasteiger partial charge on any atom is 0.170 e. The molecule has 1 saturated heterocycles. The van der Waals surface area contributed by atoms with Gasteiger partial charge in [0.25, 0.3) is 0 Å². The summed E-state index contributed by atoms with van der Waals surface area (Å²) >= 11 is 5.44. The van der Waals surface area contributed by atoms with E-state index < -0.39 is 0 Å². The number of hydrogen-bond acceptors (Lipinski definition) is 4. The minimum absolute atomic E-state index is 0.0829. The Morgan fingerprint density at radius 3 is 2.67 bits per heavy atom. The molecule has 1 heterocycles. The highest BCUT2D eigenvalue weighted by Gasteiger charge is 2.22. The number of benzene rings is 2. The Labute approximate surface area is 164 Å².